The van der Waals surface area contributed by atoms with Crippen LogP contribution < -0.4 is 10.6 Å². The lowest BCUT2D eigenvalue weighted by atomic mass is 10.2. The van der Waals surface area contributed by atoms with Crippen LogP contribution in [0.2, 0.25) is 0 Å². The molecule has 0 spiro atoms. The number of hydrogen-bond acceptors (Lipinski definition) is 6. The van der Waals surface area contributed by atoms with E-state index in [1.54, 1.807) is 30.5 Å². The SMILES string of the molecule is CCNC(=O)C(=O)NC[C@H](c1cccnc1)S(=O)(=O)c1cccs1. The Kier molecular flexibility index (Phi) is 6.04. The molecule has 2 aromatic heterocycles. The van der Waals surface area contributed by atoms with Crippen molar-refractivity contribution >= 4 is 33.0 Å². The Labute approximate surface area is 144 Å². The molecule has 0 aliphatic rings. The first-order chi connectivity index (χ1) is 11.5. The van der Waals surface area contributed by atoms with Crippen molar-refractivity contribution in [1.82, 2.24) is 15.6 Å². The average molecular weight is 367 g/mol. The van der Waals surface area contributed by atoms with Gasteiger partial charge in [-0.3, -0.25) is 14.6 Å². The number of rotatable bonds is 6. The second-order valence-corrected chi connectivity index (χ2v) is 8.13. The predicted octanol–water partition coefficient (Wildman–Crippen LogP) is 0.910. The maximum absolute atomic E-state index is 12.8. The molecule has 2 heterocycles. The van der Waals surface area contributed by atoms with Gasteiger partial charge in [0, 0.05) is 25.5 Å². The van der Waals surface area contributed by atoms with Gasteiger partial charge < -0.3 is 10.6 Å². The molecular formula is C15H17N3O4S2. The van der Waals surface area contributed by atoms with Crippen molar-refractivity contribution in [2.75, 3.05) is 13.1 Å². The molecule has 0 saturated carbocycles. The maximum Gasteiger partial charge on any atom is 0.309 e. The molecule has 0 aliphatic carbocycles. The van der Waals surface area contributed by atoms with Gasteiger partial charge in [-0.15, -0.1) is 11.3 Å². The van der Waals surface area contributed by atoms with Crippen LogP contribution in [0, 0.1) is 0 Å². The van der Waals surface area contributed by atoms with Crippen LogP contribution in [0.5, 0.6) is 0 Å². The Morgan fingerprint density at radius 2 is 1.96 bits per heavy atom. The highest BCUT2D eigenvalue weighted by atomic mass is 32.2. The molecule has 0 saturated heterocycles. The van der Waals surface area contributed by atoms with Gasteiger partial charge in [-0.1, -0.05) is 12.1 Å². The molecule has 2 rings (SSSR count). The van der Waals surface area contributed by atoms with Crippen LogP contribution in [0.1, 0.15) is 17.7 Å². The first-order valence-corrected chi connectivity index (χ1v) is 9.62. The van der Waals surface area contributed by atoms with Crippen LogP contribution in [0.4, 0.5) is 0 Å². The summed E-state index contributed by atoms with van der Waals surface area (Å²) < 4.78 is 25.9. The monoisotopic (exact) mass is 367 g/mol. The number of carbonyl (C=O) groups excluding carboxylic acids is 2. The molecule has 2 amide bonds. The minimum Gasteiger partial charge on any atom is -0.348 e. The van der Waals surface area contributed by atoms with Crippen LogP contribution in [0.15, 0.2) is 46.2 Å². The number of aromatic nitrogens is 1. The molecule has 0 fully saturated rings. The Bertz CT molecular complexity index is 789. The second kappa shape index (κ2) is 8.02. The number of likely N-dealkylation sites (N-methyl/N-ethyl adjacent to an activating group) is 1. The lowest BCUT2D eigenvalue weighted by Crippen LogP contribution is -2.42. The molecule has 24 heavy (non-hydrogen) atoms. The van der Waals surface area contributed by atoms with Gasteiger partial charge in [-0.2, -0.15) is 0 Å². The number of sulfone groups is 1. The average Bonchev–Trinajstić information content (AvgIpc) is 3.11. The van der Waals surface area contributed by atoms with Crippen molar-refractivity contribution in [1.29, 1.82) is 0 Å². The smallest absolute Gasteiger partial charge is 0.309 e. The third-order valence-electron chi connectivity index (χ3n) is 3.20. The summed E-state index contributed by atoms with van der Waals surface area (Å²) in [7, 11) is -3.71. The third-order valence-corrected chi connectivity index (χ3v) is 6.73. The van der Waals surface area contributed by atoms with Gasteiger partial charge in [0.1, 0.15) is 9.46 Å². The van der Waals surface area contributed by atoms with Gasteiger partial charge in [-0.05, 0) is 30.0 Å². The standard InChI is InChI=1S/C15H17N3O4S2/c1-2-17-14(19)15(20)18-10-12(11-5-3-7-16-9-11)24(21,22)13-6-4-8-23-13/h3-9,12H,2,10H2,1H3,(H,17,19)(H,18,20)/t12-/m1/s1. The first-order valence-electron chi connectivity index (χ1n) is 7.20. The largest absolute Gasteiger partial charge is 0.348 e. The van der Waals surface area contributed by atoms with Crippen LogP contribution in [-0.2, 0) is 19.4 Å². The molecule has 0 aliphatic heterocycles. The predicted molar refractivity (Wildman–Crippen MR) is 90.2 cm³/mol. The third kappa shape index (κ3) is 4.18. The first kappa shape index (κ1) is 18.1. The highest BCUT2D eigenvalue weighted by Gasteiger charge is 2.31. The number of amides is 2. The molecule has 2 aromatic rings. The lowest BCUT2D eigenvalue weighted by Gasteiger charge is -2.17. The van der Waals surface area contributed by atoms with E-state index in [9.17, 15) is 18.0 Å². The van der Waals surface area contributed by atoms with E-state index in [0.717, 1.165) is 11.3 Å². The van der Waals surface area contributed by atoms with E-state index >= 15 is 0 Å². The van der Waals surface area contributed by atoms with Crippen molar-refractivity contribution in [3.8, 4) is 0 Å². The Hall–Kier alpha value is -2.26. The topological polar surface area (TPSA) is 105 Å². The minimum absolute atomic E-state index is 0.198. The van der Waals surface area contributed by atoms with Crippen molar-refractivity contribution < 1.29 is 18.0 Å². The van der Waals surface area contributed by atoms with E-state index in [2.05, 4.69) is 15.6 Å². The fraction of sp³-hybridized carbons (Fsp3) is 0.267. The molecule has 9 heteroatoms. The summed E-state index contributed by atoms with van der Waals surface area (Å²) in [6.45, 7) is 1.78. The number of carbonyl (C=O) groups is 2. The van der Waals surface area contributed by atoms with Crippen LogP contribution in [-0.4, -0.2) is 38.3 Å². The molecular weight excluding hydrogens is 350 g/mol. The molecule has 1 atom stereocenters. The highest BCUT2D eigenvalue weighted by molar-refractivity contribution is 7.93. The van der Waals surface area contributed by atoms with Crippen LogP contribution in [0.3, 0.4) is 0 Å². The Morgan fingerprint density at radius 1 is 1.21 bits per heavy atom. The number of pyridine rings is 1. The van der Waals surface area contributed by atoms with E-state index in [1.807, 2.05) is 0 Å². The molecule has 2 N–H and O–H groups in total. The van der Waals surface area contributed by atoms with Gasteiger partial charge in [0.2, 0.25) is 0 Å². The van der Waals surface area contributed by atoms with Gasteiger partial charge in [0.05, 0.1) is 0 Å². The quantitative estimate of drug-likeness (QED) is 0.739. The number of hydrogen-bond donors (Lipinski definition) is 2. The number of nitrogens with one attached hydrogen (secondary N) is 2. The molecule has 128 valence electrons. The molecule has 0 bridgehead atoms. The van der Waals surface area contributed by atoms with E-state index in [0.29, 0.717) is 12.1 Å². The molecule has 0 radical (unpaired) electrons. The maximum atomic E-state index is 12.8. The van der Waals surface area contributed by atoms with Crippen LogP contribution in [0.25, 0.3) is 0 Å². The summed E-state index contributed by atoms with van der Waals surface area (Å²) in [5, 5.41) is 5.39. The number of nitrogens with zero attached hydrogens (tertiary/aromatic N) is 1. The highest BCUT2D eigenvalue weighted by Crippen LogP contribution is 2.30. The zero-order valence-corrected chi connectivity index (χ0v) is 14.6. The van der Waals surface area contributed by atoms with Crippen molar-refractivity contribution in [3.05, 3.63) is 47.6 Å². The lowest BCUT2D eigenvalue weighted by molar-refractivity contribution is -0.139. The minimum atomic E-state index is -3.71. The summed E-state index contributed by atoms with van der Waals surface area (Å²) in [4.78, 5) is 27.2. The van der Waals surface area contributed by atoms with Crippen molar-refractivity contribution in [2.45, 2.75) is 16.4 Å². The molecule has 0 aromatic carbocycles. The summed E-state index contributed by atoms with van der Waals surface area (Å²) >= 11 is 1.10. The fourth-order valence-corrected chi connectivity index (χ4v) is 4.89. The second-order valence-electron chi connectivity index (χ2n) is 4.82. The summed E-state index contributed by atoms with van der Waals surface area (Å²) in [6.07, 6.45) is 2.97. The molecule has 0 unspecified atom stereocenters. The van der Waals surface area contributed by atoms with E-state index in [4.69, 9.17) is 0 Å². The Balaban J connectivity index is 2.25. The Morgan fingerprint density at radius 3 is 2.54 bits per heavy atom. The van der Waals surface area contributed by atoms with E-state index < -0.39 is 26.9 Å². The van der Waals surface area contributed by atoms with Crippen molar-refractivity contribution in [2.24, 2.45) is 0 Å². The summed E-state index contributed by atoms with van der Waals surface area (Å²) in [5.74, 6) is -1.66. The van der Waals surface area contributed by atoms with E-state index in [1.165, 1.54) is 18.5 Å². The zero-order valence-electron chi connectivity index (χ0n) is 12.9. The van der Waals surface area contributed by atoms with Gasteiger partial charge in [0.25, 0.3) is 0 Å². The van der Waals surface area contributed by atoms with E-state index in [-0.39, 0.29) is 10.8 Å². The van der Waals surface area contributed by atoms with Crippen LogP contribution >= 0.6 is 11.3 Å². The normalized spacial score (nSPS) is 12.4. The van der Waals surface area contributed by atoms with Gasteiger partial charge in [-0.25, -0.2) is 8.42 Å². The van der Waals surface area contributed by atoms with Crippen molar-refractivity contribution in [3.63, 3.8) is 0 Å². The fourth-order valence-electron chi connectivity index (χ4n) is 2.05. The van der Waals surface area contributed by atoms with Gasteiger partial charge in [0.15, 0.2) is 9.84 Å². The summed E-state index contributed by atoms with van der Waals surface area (Å²) in [6, 6.07) is 6.40. The number of thiophene rings is 1. The molecule has 7 nitrogen and oxygen atoms in total. The zero-order chi connectivity index (χ0) is 17.6. The van der Waals surface area contributed by atoms with Gasteiger partial charge >= 0.3 is 11.8 Å². The summed E-state index contributed by atoms with van der Waals surface area (Å²) in [5.41, 5.74) is 0.446.